The molecule has 0 radical (unpaired) electrons. The zero-order valence-electron chi connectivity index (χ0n) is 12.6. The topological polar surface area (TPSA) is 58.4 Å². The molecule has 1 aromatic carbocycles. The Kier molecular flexibility index (Phi) is 4.53. The van der Waals surface area contributed by atoms with Crippen LogP contribution >= 0.6 is 0 Å². The number of nitrogens with one attached hydrogen (secondary N) is 1. The highest BCUT2D eigenvalue weighted by Crippen LogP contribution is 2.35. The fourth-order valence-electron chi connectivity index (χ4n) is 3.08. The van der Waals surface area contributed by atoms with Crippen molar-refractivity contribution in [1.29, 1.82) is 0 Å². The first kappa shape index (κ1) is 14.7. The quantitative estimate of drug-likeness (QED) is 0.831. The van der Waals surface area contributed by atoms with Gasteiger partial charge in [0.25, 0.3) is 5.91 Å². The second-order valence-corrected chi connectivity index (χ2v) is 5.53. The van der Waals surface area contributed by atoms with E-state index >= 15 is 0 Å². The molecule has 1 aliphatic rings. The first-order valence-electron chi connectivity index (χ1n) is 7.54. The van der Waals surface area contributed by atoms with E-state index in [4.69, 9.17) is 5.73 Å². The molecule has 0 saturated carbocycles. The molecule has 2 unspecified atom stereocenters. The van der Waals surface area contributed by atoms with Crippen molar-refractivity contribution in [2.24, 2.45) is 0 Å². The zero-order valence-corrected chi connectivity index (χ0v) is 12.6. The Labute approximate surface area is 121 Å². The third-order valence-electron chi connectivity index (χ3n) is 4.17. The second-order valence-electron chi connectivity index (χ2n) is 5.53. The lowest BCUT2D eigenvalue weighted by Gasteiger charge is -2.31. The summed E-state index contributed by atoms with van der Waals surface area (Å²) in [6.45, 7) is 7.00. The minimum atomic E-state index is -0.0337. The van der Waals surface area contributed by atoms with Crippen LogP contribution in [0.25, 0.3) is 0 Å². The number of hydrogen-bond donors (Lipinski definition) is 2. The van der Waals surface area contributed by atoms with Gasteiger partial charge in [-0.25, -0.2) is 0 Å². The van der Waals surface area contributed by atoms with Crippen molar-refractivity contribution < 1.29 is 4.79 Å². The number of hydrogen-bond acceptors (Lipinski definition) is 3. The van der Waals surface area contributed by atoms with Crippen molar-refractivity contribution in [2.75, 3.05) is 17.2 Å². The molecule has 3 N–H and O–H groups in total. The third kappa shape index (κ3) is 2.74. The van der Waals surface area contributed by atoms with Gasteiger partial charge in [0.1, 0.15) is 0 Å². The van der Waals surface area contributed by atoms with Gasteiger partial charge in [-0.2, -0.15) is 0 Å². The van der Waals surface area contributed by atoms with Crippen LogP contribution < -0.4 is 16.0 Å². The van der Waals surface area contributed by atoms with Gasteiger partial charge in [-0.05, 0) is 51.3 Å². The van der Waals surface area contributed by atoms with Crippen LogP contribution in [0.2, 0.25) is 0 Å². The summed E-state index contributed by atoms with van der Waals surface area (Å²) < 4.78 is 0. The number of carbonyl (C=O) groups is 1. The number of nitrogen functional groups attached to an aromatic ring is 1. The molecule has 2 atom stereocenters. The summed E-state index contributed by atoms with van der Waals surface area (Å²) in [6.07, 6.45) is 3.49. The molecule has 1 saturated heterocycles. The molecule has 4 nitrogen and oxygen atoms in total. The Balaban J connectivity index is 2.35. The summed E-state index contributed by atoms with van der Waals surface area (Å²) in [7, 11) is 0. The van der Waals surface area contributed by atoms with Crippen molar-refractivity contribution in [1.82, 2.24) is 5.32 Å². The summed E-state index contributed by atoms with van der Waals surface area (Å²) >= 11 is 0. The van der Waals surface area contributed by atoms with Crippen molar-refractivity contribution in [3.8, 4) is 0 Å². The minimum absolute atomic E-state index is 0.0337. The number of nitrogens with two attached hydrogens (primary N) is 1. The van der Waals surface area contributed by atoms with Gasteiger partial charge in [-0.3, -0.25) is 4.79 Å². The van der Waals surface area contributed by atoms with E-state index in [0.717, 1.165) is 17.8 Å². The van der Waals surface area contributed by atoms with Gasteiger partial charge in [-0.15, -0.1) is 0 Å². The summed E-state index contributed by atoms with van der Waals surface area (Å²) in [5, 5.41) is 2.84. The third-order valence-corrected chi connectivity index (χ3v) is 4.17. The lowest BCUT2D eigenvalue weighted by molar-refractivity contribution is 0.0956. The molecule has 1 amide bonds. The maximum Gasteiger partial charge on any atom is 0.251 e. The highest BCUT2D eigenvalue weighted by Gasteiger charge is 2.30. The van der Waals surface area contributed by atoms with Gasteiger partial charge < -0.3 is 16.0 Å². The lowest BCUT2D eigenvalue weighted by Crippen LogP contribution is -2.35. The Bertz CT molecular complexity index is 487. The molecule has 0 aromatic heterocycles. The van der Waals surface area contributed by atoms with Gasteiger partial charge in [0.15, 0.2) is 0 Å². The highest BCUT2D eigenvalue weighted by atomic mass is 16.1. The molecule has 1 aromatic rings. The molecule has 0 spiro atoms. The van der Waals surface area contributed by atoms with Crippen LogP contribution in [0.15, 0.2) is 18.2 Å². The first-order valence-corrected chi connectivity index (χ1v) is 7.54. The monoisotopic (exact) mass is 275 g/mol. The van der Waals surface area contributed by atoms with Crippen molar-refractivity contribution in [3.63, 3.8) is 0 Å². The highest BCUT2D eigenvalue weighted by molar-refractivity contribution is 5.96. The Hall–Kier alpha value is -1.71. The van der Waals surface area contributed by atoms with Crippen LogP contribution in [-0.4, -0.2) is 24.5 Å². The van der Waals surface area contributed by atoms with Gasteiger partial charge in [-0.1, -0.05) is 6.92 Å². The van der Waals surface area contributed by atoms with E-state index in [1.54, 1.807) is 6.07 Å². The van der Waals surface area contributed by atoms with Crippen molar-refractivity contribution in [2.45, 2.75) is 52.1 Å². The summed E-state index contributed by atoms with van der Waals surface area (Å²) in [5.41, 5.74) is 8.59. The van der Waals surface area contributed by atoms with Crippen LogP contribution in [0, 0.1) is 0 Å². The van der Waals surface area contributed by atoms with Crippen molar-refractivity contribution >= 4 is 17.3 Å². The smallest absolute Gasteiger partial charge is 0.251 e. The minimum Gasteiger partial charge on any atom is -0.397 e. The molecule has 1 fully saturated rings. The van der Waals surface area contributed by atoms with E-state index in [1.165, 1.54) is 12.8 Å². The number of carbonyl (C=O) groups excluding carboxylic acids is 1. The Morgan fingerprint density at radius 2 is 2.15 bits per heavy atom. The van der Waals surface area contributed by atoms with Gasteiger partial charge in [0.2, 0.25) is 0 Å². The molecular formula is C16H25N3O. The molecule has 110 valence electrons. The normalized spacial score (nSPS) is 22.1. The van der Waals surface area contributed by atoms with Gasteiger partial charge >= 0.3 is 0 Å². The number of anilines is 2. The summed E-state index contributed by atoms with van der Waals surface area (Å²) in [6, 6.07) is 6.58. The zero-order chi connectivity index (χ0) is 14.7. The van der Waals surface area contributed by atoms with E-state index in [1.807, 2.05) is 19.1 Å². The van der Waals surface area contributed by atoms with Crippen LogP contribution in [-0.2, 0) is 0 Å². The molecule has 1 aliphatic heterocycles. The predicted molar refractivity (Wildman–Crippen MR) is 84.1 cm³/mol. The van der Waals surface area contributed by atoms with Crippen LogP contribution in [0.1, 0.15) is 50.4 Å². The van der Waals surface area contributed by atoms with E-state index < -0.39 is 0 Å². The summed E-state index contributed by atoms with van der Waals surface area (Å²) in [5.74, 6) is -0.0337. The molecule has 1 heterocycles. The van der Waals surface area contributed by atoms with Gasteiger partial charge in [0, 0.05) is 24.2 Å². The number of amides is 1. The van der Waals surface area contributed by atoms with Crippen molar-refractivity contribution in [3.05, 3.63) is 23.8 Å². The fourth-order valence-corrected chi connectivity index (χ4v) is 3.08. The predicted octanol–water partition coefficient (Wildman–Crippen LogP) is 2.79. The number of nitrogens with zero attached hydrogens (tertiary/aromatic N) is 1. The Morgan fingerprint density at radius 3 is 2.80 bits per heavy atom. The molecular weight excluding hydrogens is 250 g/mol. The van der Waals surface area contributed by atoms with Crippen LogP contribution in [0.5, 0.6) is 0 Å². The van der Waals surface area contributed by atoms with Gasteiger partial charge in [0.05, 0.1) is 11.4 Å². The fraction of sp³-hybridized carbons (Fsp3) is 0.562. The SMILES string of the molecule is CCNC(=O)c1ccc(N)c(N2C(C)CCC2CC)c1. The van der Waals surface area contributed by atoms with E-state index in [2.05, 4.69) is 24.1 Å². The molecule has 20 heavy (non-hydrogen) atoms. The molecule has 2 rings (SSSR count). The molecule has 0 bridgehead atoms. The first-order chi connectivity index (χ1) is 9.58. The lowest BCUT2D eigenvalue weighted by atomic mass is 10.1. The number of benzene rings is 1. The van der Waals surface area contributed by atoms with E-state index in [-0.39, 0.29) is 5.91 Å². The molecule has 4 heteroatoms. The average Bonchev–Trinajstić information content (AvgIpc) is 2.80. The Morgan fingerprint density at radius 1 is 1.40 bits per heavy atom. The van der Waals surface area contributed by atoms with E-state index in [0.29, 0.717) is 24.2 Å². The standard InChI is InChI=1S/C16H25N3O/c1-4-13-8-6-11(3)19(13)15-10-12(7-9-14(15)17)16(20)18-5-2/h7,9-11,13H,4-6,8,17H2,1-3H3,(H,18,20). The average molecular weight is 275 g/mol. The molecule has 0 aliphatic carbocycles. The largest absolute Gasteiger partial charge is 0.397 e. The van der Waals surface area contributed by atoms with Crippen LogP contribution in [0.3, 0.4) is 0 Å². The van der Waals surface area contributed by atoms with Crippen LogP contribution in [0.4, 0.5) is 11.4 Å². The maximum absolute atomic E-state index is 12.0. The van der Waals surface area contributed by atoms with E-state index in [9.17, 15) is 4.79 Å². The summed E-state index contributed by atoms with van der Waals surface area (Å²) in [4.78, 5) is 14.4. The second kappa shape index (κ2) is 6.16. The maximum atomic E-state index is 12.0. The number of rotatable bonds is 4.